The molecule has 0 radical (unpaired) electrons. The Hall–Kier alpha value is -2.42. The number of aldehydes is 1. The lowest BCUT2D eigenvalue weighted by Crippen LogP contribution is -1.90. The van der Waals surface area contributed by atoms with E-state index in [1.807, 2.05) is 18.2 Å². The second-order valence-corrected chi connectivity index (χ2v) is 4.44. The van der Waals surface area contributed by atoms with E-state index in [0.717, 1.165) is 30.2 Å². The van der Waals surface area contributed by atoms with Gasteiger partial charge in [-0.1, -0.05) is 30.3 Å². The first kappa shape index (κ1) is 11.7. The molecule has 0 aliphatic heterocycles. The van der Waals surface area contributed by atoms with Gasteiger partial charge >= 0.3 is 0 Å². The van der Waals surface area contributed by atoms with Crippen molar-refractivity contribution in [1.82, 2.24) is 4.98 Å². The summed E-state index contributed by atoms with van der Waals surface area (Å²) < 4.78 is 5.66. The smallest absolute Gasteiger partial charge is 0.195 e. The highest BCUT2D eigenvalue weighted by Crippen LogP contribution is 2.17. The minimum atomic E-state index is 0.621. The van der Waals surface area contributed by atoms with Crippen LogP contribution in [0.5, 0.6) is 0 Å². The van der Waals surface area contributed by atoms with Crippen LogP contribution < -0.4 is 0 Å². The zero-order valence-corrected chi connectivity index (χ0v) is 10.4. The Balaban J connectivity index is 1.80. The first-order valence-electron chi connectivity index (χ1n) is 6.24. The zero-order chi connectivity index (χ0) is 13.1. The zero-order valence-electron chi connectivity index (χ0n) is 10.4. The summed E-state index contributed by atoms with van der Waals surface area (Å²) in [4.78, 5) is 15.1. The standard InChI is InChI=1S/C16H13NO2/c18-11-13-6-8-15-14(10-13)17-16(19-15)9-7-12-4-2-1-3-5-12/h1-6,8,10-11H,7,9H2. The van der Waals surface area contributed by atoms with Gasteiger partial charge in [0.05, 0.1) is 0 Å². The highest BCUT2D eigenvalue weighted by atomic mass is 16.3. The maximum Gasteiger partial charge on any atom is 0.195 e. The van der Waals surface area contributed by atoms with Crippen molar-refractivity contribution in [3.05, 3.63) is 65.5 Å². The number of rotatable bonds is 4. The summed E-state index contributed by atoms with van der Waals surface area (Å²) in [5.41, 5.74) is 3.36. The van der Waals surface area contributed by atoms with Crippen molar-refractivity contribution in [3.63, 3.8) is 0 Å². The molecule has 0 fully saturated rings. The third-order valence-electron chi connectivity index (χ3n) is 3.06. The number of aryl methyl sites for hydroxylation is 2. The number of carbonyl (C=O) groups excluding carboxylic acids is 1. The number of oxazole rings is 1. The molecule has 19 heavy (non-hydrogen) atoms. The summed E-state index contributed by atoms with van der Waals surface area (Å²) in [7, 11) is 0. The summed E-state index contributed by atoms with van der Waals surface area (Å²) >= 11 is 0. The number of benzene rings is 2. The minimum absolute atomic E-state index is 0.621. The van der Waals surface area contributed by atoms with E-state index in [1.165, 1.54) is 5.56 Å². The van der Waals surface area contributed by atoms with Crippen LogP contribution in [0.3, 0.4) is 0 Å². The normalized spacial score (nSPS) is 10.7. The van der Waals surface area contributed by atoms with Crippen LogP contribution >= 0.6 is 0 Å². The molecular formula is C16H13NO2. The fourth-order valence-electron chi connectivity index (χ4n) is 2.07. The van der Waals surface area contributed by atoms with E-state index in [0.29, 0.717) is 11.5 Å². The maximum absolute atomic E-state index is 10.7. The molecule has 3 aromatic rings. The first-order valence-corrected chi connectivity index (χ1v) is 6.24. The molecule has 1 aromatic heterocycles. The average molecular weight is 251 g/mol. The third kappa shape index (κ3) is 2.55. The molecule has 0 N–H and O–H groups in total. The molecule has 0 saturated carbocycles. The number of fused-ring (bicyclic) bond motifs is 1. The first-order chi connectivity index (χ1) is 9.35. The summed E-state index contributed by atoms with van der Waals surface area (Å²) in [6, 6.07) is 15.5. The highest BCUT2D eigenvalue weighted by molar-refractivity contribution is 5.83. The van der Waals surface area contributed by atoms with Crippen LogP contribution in [-0.4, -0.2) is 11.3 Å². The van der Waals surface area contributed by atoms with Crippen LogP contribution in [0.4, 0.5) is 0 Å². The molecule has 0 aliphatic carbocycles. The van der Waals surface area contributed by atoms with Gasteiger partial charge < -0.3 is 4.42 Å². The van der Waals surface area contributed by atoms with Gasteiger partial charge in [0.1, 0.15) is 11.8 Å². The van der Waals surface area contributed by atoms with Crippen molar-refractivity contribution >= 4 is 17.4 Å². The minimum Gasteiger partial charge on any atom is -0.441 e. The van der Waals surface area contributed by atoms with E-state index >= 15 is 0 Å². The molecule has 0 aliphatic rings. The van der Waals surface area contributed by atoms with Gasteiger partial charge in [-0.15, -0.1) is 0 Å². The van der Waals surface area contributed by atoms with Crippen molar-refractivity contribution in [3.8, 4) is 0 Å². The monoisotopic (exact) mass is 251 g/mol. The van der Waals surface area contributed by atoms with Crippen molar-refractivity contribution in [2.45, 2.75) is 12.8 Å². The topological polar surface area (TPSA) is 43.1 Å². The van der Waals surface area contributed by atoms with E-state index in [2.05, 4.69) is 17.1 Å². The number of hydrogen-bond donors (Lipinski definition) is 0. The Labute approximate surface area is 110 Å². The molecule has 2 aromatic carbocycles. The molecule has 0 spiro atoms. The van der Waals surface area contributed by atoms with Crippen LogP contribution in [0.25, 0.3) is 11.1 Å². The Morgan fingerprint density at radius 3 is 2.68 bits per heavy atom. The van der Waals surface area contributed by atoms with E-state index in [9.17, 15) is 4.79 Å². The van der Waals surface area contributed by atoms with Crippen molar-refractivity contribution in [2.75, 3.05) is 0 Å². The number of aromatic nitrogens is 1. The lowest BCUT2D eigenvalue weighted by atomic mass is 10.1. The SMILES string of the molecule is O=Cc1ccc2oc(CCc3ccccc3)nc2c1. The van der Waals surface area contributed by atoms with Gasteiger partial charge in [0, 0.05) is 12.0 Å². The molecule has 0 atom stereocenters. The average Bonchev–Trinajstić information content (AvgIpc) is 2.88. The molecule has 3 rings (SSSR count). The van der Waals surface area contributed by atoms with Crippen molar-refractivity contribution in [2.24, 2.45) is 0 Å². The molecule has 0 amide bonds. The Kier molecular flexibility index (Phi) is 3.11. The van der Waals surface area contributed by atoms with Crippen LogP contribution in [-0.2, 0) is 12.8 Å². The molecule has 1 heterocycles. The number of nitrogens with zero attached hydrogens (tertiary/aromatic N) is 1. The van der Waals surface area contributed by atoms with Gasteiger partial charge in [-0.3, -0.25) is 4.79 Å². The van der Waals surface area contributed by atoms with E-state index in [4.69, 9.17) is 4.42 Å². The molecule has 94 valence electrons. The fraction of sp³-hybridized carbons (Fsp3) is 0.125. The van der Waals surface area contributed by atoms with E-state index < -0.39 is 0 Å². The molecule has 0 bridgehead atoms. The third-order valence-corrected chi connectivity index (χ3v) is 3.06. The van der Waals surface area contributed by atoms with Gasteiger partial charge in [0.15, 0.2) is 11.5 Å². The summed E-state index contributed by atoms with van der Waals surface area (Å²) in [5.74, 6) is 0.710. The second-order valence-electron chi connectivity index (χ2n) is 4.44. The largest absolute Gasteiger partial charge is 0.441 e. The fourth-order valence-corrected chi connectivity index (χ4v) is 2.07. The predicted octanol–water partition coefficient (Wildman–Crippen LogP) is 3.43. The van der Waals surface area contributed by atoms with Gasteiger partial charge in [-0.2, -0.15) is 0 Å². The molecular weight excluding hydrogens is 238 g/mol. The van der Waals surface area contributed by atoms with Crippen LogP contribution in [0.1, 0.15) is 21.8 Å². The van der Waals surface area contributed by atoms with Gasteiger partial charge in [-0.25, -0.2) is 4.98 Å². The van der Waals surface area contributed by atoms with Gasteiger partial charge in [-0.05, 0) is 30.2 Å². The van der Waals surface area contributed by atoms with Gasteiger partial charge in [0.2, 0.25) is 0 Å². The van der Waals surface area contributed by atoms with Crippen molar-refractivity contribution < 1.29 is 9.21 Å². The van der Waals surface area contributed by atoms with Crippen LogP contribution in [0.15, 0.2) is 52.9 Å². The lowest BCUT2D eigenvalue weighted by molar-refractivity contribution is 0.112. The van der Waals surface area contributed by atoms with Crippen LogP contribution in [0, 0.1) is 0 Å². The number of carbonyl (C=O) groups is 1. The Bertz CT molecular complexity index is 701. The quantitative estimate of drug-likeness (QED) is 0.667. The summed E-state index contributed by atoms with van der Waals surface area (Å²) in [6.45, 7) is 0. The second kappa shape index (κ2) is 5.06. The Morgan fingerprint density at radius 1 is 1.05 bits per heavy atom. The number of hydrogen-bond acceptors (Lipinski definition) is 3. The molecule has 0 saturated heterocycles. The predicted molar refractivity (Wildman–Crippen MR) is 73.2 cm³/mol. The lowest BCUT2D eigenvalue weighted by Gasteiger charge is -1.96. The van der Waals surface area contributed by atoms with Gasteiger partial charge in [0.25, 0.3) is 0 Å². The summed E-state index contributed by atoms with van der Waals surface area (Å²) in [6.07, 6.45) is 2.47. The molecule has 3 heteroatoms. The Morgan fingerprint density at radius 2 is 1.89 bits per heavy atom. The van der Waals surface area contributed by atoms with Crippen LogP contribution in [0.2, 0.25) is 0 Å². The highest BCUT2D eigenvalue weighted by Gasteiger charge is 2.06. The molecule has 0 unspecified atom stereocenters. The van der Waals surface area contributed by atoms with Crippen molar-refractivity contribution in [1.29, 1.82) is 0 Å². The summed E-state index contributed by atoms with van der Waals surface area (Å²) in [5, 5.41) is 0. The molecule has 3 nitrogen and oxygen atoms in total. The maximum atomic E-state index is 10.7. The van der Waals surface area contributed by atoms with E-state index in [1.54, 1.807) is 18.2 Å². The van der Waals surface area contributed by atoms with E-state index in [-0.39, 0.29) is 0 Å².